The number of aliphatic hydroxyl groups is 1. The molecule has 1 N–H and O–H groups in total. The Bertz CT molecular complexity index is 471. The molecular formula is C14H16N2O. The largest absolute Gasteiger partial charge is 0.387 e. The van der Waals surface area contributed by atoms with E-state index in [0.717, 1.165) is 6.42 Å². The maximum atomic E-state index is 9.97. The summed E-state index contributed by atoms with van der Waals surface area (Å²) >= 11 is 0. The van der Waals surface area contributed by atoms with Gasteiger partial charge in [-0.3, -0.25) is 9.97 Å². The van der Waals surface area contributed by atoms with Crippen molar-refractivity contribution in [3.8, 4) is 0 Å². The molecule has 0 aliphatic heterocycles. The second-order valence-corrected chi connectivity index (χ2v) is 4.11. The normalized spacial score (nSPS) is 12.4. The van der Waals surface area contributed by atoms with Gasteiger partial charge in [0.2, 0.25) is 0 Å². The first-order valence-electron chi connectivity index (χ1n) is 5.76. The number of rotatable bonds is 4. The van der Waals surface area contributed by atoms with Crippen molar-refractivity contribution in [2.24, 2.45) is 0 Å². The highest BCUT2D eigenvalue weighted by atomic mass is 16.3. The van der Waals surface area contributed by atoms with Crippen LogP contribution in [0, 0.1) is 6.92 Å². The van der Waals surface area contributed by atoms with E-state index in [2.05, 4.69) is 29.0 Å². The van der Waals surface area contributed by atoms with Crippen LogP contribution < -0.4 is 0 Å². The lowest BCUT2D eigenvalue weighted by Gasteiger charge is -2.10. The molecule has 3 nitrogen and oxygen atoms in total. The first-order chi connectivity index (χ1) is 8.27. The van der Waals surface area contributed by atoms with Gasteiger partial charge in [0.25, 0.3) is 0 Å². The molecule has 88 valence electrons. The third-order valence-electron chi connectivity index (χ3n) is 2.87. The van der Waals surface area contributed by atoms with Gasteiger partial charge in [0.15, 0.2) is 0 Å². The predicted molar refractivity (Wildman–Crippen MR) is 66.5 cm³/mol. The molecule has 0 fully saturated rings. The van der Waals surface area contributed by atoms with Crippen molar-refractivity contribution in [3.05, 3.63) is 59.7 Å². The number of benzene rings is 1. The van der Waals surface area contributed by atoms with Crippen LogP contribution in [-0.4, -0.2) is 15.1 Å². The van der Waals surface area contributed by atoms with Crippen LogP contribution in [0.3, 0.4) is 0 Å². The molecule has 2 rings (SSSR count). The summed E-state index contributed by atoms with van der Waals surface area (Å²) in [6.07, 6.45) is 5.81. The quantitative estimate of drug-likeness (QED) is 0.874. The minimum Gasteiger partial charge on any atom is -0.387 e. The van der Waals surface area contributed by atoms with Crippen molar-refractivity contribution in [1.82, 2.24) is 9.97 Å². The fourth-order valence-corrected chi connectivity index (χ4v) is 1.81. The number of aryl methyl sites for hydroxylation is 2. The van der Waals surface area contributed by atoms with Crippen LogP contribution in [0.2, 0.25) is 0 Å². The first kappa shape index (κ1) is 11.7. The fraction of sp³-hybridized carbons (Fsp3) is 0.286. The van der Waals surface area contributed by atoms with Gasteiger partial charge in [-0.05, 0) is 30.9 Å². The van der Waals surface area contributed by atoms with Crippen LogP contribution in [0.1, 0.15) is 29.3 Å². The number of hydrogen-bond acceptors (Lipinski definition) is 3. The lowest BCUT2D eigenvalue weighted by Crippen LogP contribution is -2.03. The highest BCUT2D eigenvalue weighted by molar-refractivity contribution is 5.25. The molecule has 0 amide bonds. The maximum absolute atomic E-state index is 9.97. The van der Waals surface area contributed by atoms with Gasteiger partial charge in [-0.25, -0.2) is 0 Å². The minimum absolute atomic E-state index is 0.539. The molecule has 17 heavy (non-hydrogen) atoms. The fourth-order valence-electron chi connectivity index (χ4n) is 1.81. The molecule has 0 spiro atoms. The van der Waals surface area contributed by atoms with Crippen molar-refractivity contribution in [2.45, 2.75) is 25.9 Å². The summed E-state index contributed by atoms with van der Waals surface area (Å²) in [6, 6.07) is 8.23. The highest BCUT2D eigenvalue weighted by Crippen LogP contribution is 2.17. The topological polar surface area (TPSA) is 46.0 Å². The van der Waals surface area contributed by atoms with Gasteiger partial charge in [0.1, 0.15) is 0 Å². The van der Waals surface area contributed by atoms with E-state index >= 15 is 0 Å². The number of hydrogen-bond donors (Lipinski definition) is 1. The van der Waals surface area contributed by atoms with Crippen molar-refractivity contribution in [1.29, 1.82) is 0 Å². The van der Waals surface area contributed by atoms with Crippen LogP contribution in [0.5, 0.6) is 0 Å². The van der Waals surface area contributed by atoms with Gasteiger partial charge in [0.05, 0.1) is 18.0 Å². The van der Waals surface area contributed by atoms with Gasteiger partial charge in [-0.1, -0.05) is 24.3 Å². The van der Waals surface area contributed by atoms with Crippen LogP contribution in [-0.2, 0) is 6.42 Å². The first-order valence-corrected chi connectivity index (χ1v) is 5.76. The van der Waals surface area contributed by atoms with E-state index in [1.807, 2.05) is 12.1 Å². The Hall–Kier alpha value is -1.74. The molecule has 1 aromatic carbocycles. The highest BCUT2D eigenvalue weighted by Gasteiger charge is 2.09. The Morgan fingerprint density at radius 3 is 2.76 bits per heavy atom. The summed E-state index contributed by atoms with van der Waals surface area (Å²) in [4.78, 5) is 8.06. The lowest BCUT2D eigenvalue weighted by molar-refractivity contribution is 0.162. The van der Waals surface area contributed by atoms with E-state index in [4.69, 9.17) is 0 Å². The summed E-state index contributed by atoms with van der Waals surface area (Å²) < 4.78 is 0. The second-order valence-electron chi connectivity index (χ2n) is 4.11. The molecule has 0 bridgehead atoms. The monoisotopic (exact) mass is 228 g/mol. The molecule has 0 aliphatic rings. The Labute approximate surface area is 101 Å². The summed E-state index contributed by atoms with van der Waals surface area (Å²) in [6.45, 7) is 2.09. The van der Waals surface area contributed by atoms with Gasteiger partial charge in [0, 0.05) is 12.4 Å². The maximum Gasteiger partial charge on any atom is 0.0978 e. The zero-order chi connectivity index (χ0) is 12.1. The van der Waals surface area contributed by atoms with Crippen molar-refractivity contribution < 1.29 is 5.11 Å². The average Bonchev–Trinajstić information content (AvgIpc) is 2.38. The molecule has 1 atom stereocenters. The average molecular weight is 228 g/mol. The van der Waals surface area contributed by atoms with E-state index in [1.54, 1.807) is 18.6 Å². The number of aliphatic hydroxyl groups excluding tert-OH is 1. The minimum atomic E-state index is -0.539. The molecule has 1 unspecified atom stereocenters. The van der Waals surface area contributed by atoms with Gasteiger partial charge in [-0.15, -0.1) is 0 Å². The van der Waals surface area contributed by atoms with Crippen LogP contribution >= 0.6 is 0 Å². The number of aromatic nitrogens is 2. The van der Waals surface area contributed by atoms with E-state index in [-0.39, 0.29) is 0 Å². The van der Waals surface area contributed by atoms with E-state index in [1.165, 1.54) is 11.1 Å². The summed E-state index contributed by atoms with van der Waals surface area (Å²) in [5.41, 5.74) is 3.18. The molecule has 0 saturated heterocycles. The number of nitrogens with zero attached hydrogens (tertiary/aromatic N) is 2. The zero-order valence-corrected chi connectivity index (χ0v) is 9.87. The standard InChI is InChI=1S/C14H16N2O/c1-11-4-2-3-5-12(11)6-7-14(17)13-10-15-8-9-16-13/h2-5,8-10,14,17H,6-7H2,1H3. The molecule has 3 heteroatoms. The Morgan fingerprint density at radius 2 is 2.06 bits per heavy atom. The second kappa shape index (κ2) is 5.55. The molecule has 0 aliphatic carbocycles. The smallest absolute Gasteiger partial charge is 0.0978 e. The van der Waals surface area contributed by atoms with Crippen LogP contribution in [0.25, 0.3) is 0 Å². The van der Waals surface area contributed by atoms with Crippen molar-refractivity contribution >= 4 is 0 Å². The van der Waals surface area contributed by atoms with E-state index in [9.17, 15) is 5.11 Å². The molecule has 0 saturated carbocycles. The van der Waals surface area contributed by atoms with Crippen LogP contribution in [0.4, 0.5) is 0 Å². The molecule has 1 heterocycles. The van der Waals surface area contributed by atoms with Gasteiger partial charge < -0.3 is 5.11 Å². The lowest BCUT2D eigenvalue weighted by atomic mass is 10.0. The Morgan fingerprint density at radius 1 is 1.24 bits per heavy atom. The van der Waals surface area contributed by atoms with Crippen molar-refractivity contribution in [2.75, 3.05) is 0 Å². The van der Waals surface area contributed by atoms with Crippen molar-refractivity contribution in [3.63, 3.8) is 0 Å². The third-order valence-corrected chi connectivity index (χ3v) is 2.87. The third kappa shape index (κ3) is 3.11. The molecule has 0 radical (unpaired) electrons. The molecular weight excluding hydrogens is 212 g/mol. The Balaban J connectivity index is 1.97. The molecule has 2 aromatic rings. The summed E-state index contributed by atoms with van der Waals surface area (Å²) in [5.74, 6) is 0. The SMILES string of the molecule is Cc1ccccc1CCC(O)c1cnccn1. The molecule has 1 aromatic heterocycles. The Kier molecular flexibility index (Phi) is 3.83. The summed E-state index contributed by atoms with van der Waals surface area (Å²) in [5, 5.41) is 9.97. The summed E-state index contributed by atoms with van der Waals surface area (Å²) in [7, 11) is 0. The van der Waals surface area contributed by atoms with E-state index in [0.29, 0.717) is 12.1 Å². The zero-order valence-electron chi connectivity index (χ0n) is 9.87. The van der Waals surface area contributed by atoms with E-state index < -0.39 is 6.10 Å². The van der Waals surface area contributed by atoms with Gasteiger partial charge >= 0.3 is 0 Å². The predicted octanol–water partition coefficient (Wildman–Crippen LogP) is 2.45. The van der Waals surface area contributed by atoms with Crippen LogP contribution in [0.15, 0.2) is 42.9 Å². The van der Waals surface area contributed by atoms with Gasteiger partial charge in [-0.2, -0.15) is 0 Å².